The summed E-state index contributed by atoms with van der Waals surface area (Å²) in [5.41, 5.74) is 6.33. The van der Waals surface area contributed by atoms with Crippen LogP contribution in [0.2, 0.25) is 0 Å². The van der Waals surface area contributed by atoms with Crippen LogP contribution >= 0.6 is 0 Å². The monoisotopic (exact) mass is 279 g/mol. The molecule has 1 rings (SSSR count). The van der Waals surface area contributed by atoms with E-state index in [1.54, 1.807) is 14.0 Å². The molecule has 1 heterocycles. The minimum absolute atomic E-state index is 0.181. The fourth-order valence-electron chi connectivity index (χ4n) is 1.83. The van der Waals surface area contributed by atoms with Crippen molar-refractivity contribution in [1.29, 1.82) is 0 Å². The fourth-order valence-corrected chi connectivity index (χ4v) is 1.83. The maximum absolute atomic E-state index is 12.2. The van der Waals surface area contributed by atoms with E-state index in [-0.39, 0.29) is 12.4 Å². The van der Waals surface area contributed by atoms with Crippen LogP contribution in [-0.4, -0.2) is 40.6 Å². The highest BCUT2D eigenvalue weighted by Gasteiger charge is 2.29. The zero-order valence-corrected chi connectivity index (χ0v) is 10.9. The standard InChI is InChI=1S/C10H16F3N5O/c1-6-7(8(14)16-19)9(18(3)15-6)17(2)5-4-10(11,12)13/h19H,4-5H2,1-3H3,(H2,14,16). The molecular formula is C10H16F3N5O. The SMILES string of the molecule is Cc1nn(C)c(N(C)CCC(F)(F)F)c1C(N)=NO. The lowest BCUT2D eigenvalue weighted by Crippen LogP contribution is -2.28. The predicted molar refractivity (Wildman–Crippen MR) is 64.4 cm³/mol. The second kappa shape index (κ2) is 5.37. The average molecular weight is 279 g/mol. The largest absolute Gasteiger partial charge is 0.409 e. The Balaban J connectivity index is 3.06. The van der Waals surface area contributed by atoms with Gasteiger partial charge in [0.2, 0.25) is 0 Å². The lowest BCUT2D eigenvalue weighted by atomic mass is 10.2. The Morgan fingerprint density at radius 3 is 2.58 bits per heavy atom. The summed E-state index contributed by atoms with van der Waals surface area (Å²) in [5, 5.41) is 15.7. The van der Waals surface area contributed by atoms with Crippen molar-refractivity contribution in [3.63, 3.8) is 0 Å². The van der Waals surface area contributed by atoms with Gasteiger partial charge in [-0.1, -0.05) is 5.16 Å². The van der Waals surface area contributed by atoms with E-state index < -0.39 is 12.6 Å². The number of nitrogens with zero attached hydrogens (tertiary/aromatic N) is 4. The van der Waals surface area contributed by atoms with Gasteiger partial charge in [0.05, 0.1) is 17.7 Å². The van der Waals surface area contributed by atoms with E-state index >= 15 is 0 Å². The summed E-state index contributed by atoms with van der Waals surface area (Å²) in [4.78, 5) is 1.38. The number of hydrogen-bond acceptors (Lipinski definition) is 4. The number of oxime groups is 1. The van der Waals surface area contributed by atoms with E-state index in [2.05, 4.69) is 10.3 Å². The van der Waals surface area contributed by atoms with Gasteiger partial charge in [0.1, 0.15) is 5.82 Å². The van der Waals surface area contributed by atoms with Crippen LogP contribution in [0, 0.1) is 6.92 Å². The summed E-state index contributed by atoms with van der Waals surface area (Å²) in [5.74, 6) is 0.191. The Kier molecular flexibility index (Phi) is 4.28. The Morgan fingerprint density at radius 2 is 2.11 bits per heavy atom. The smallest absolute Gasteiger partial charge is 0.390 e. The normalized spacial score (nSPS) is 12.8. The number of hydrogen-bond donors (Lipinski definition) is 2. The molecule has 0 aromatic carbocycles. The number of aromatic nitrogens is 2. The van der Waals surface area contributed by atoms with Gasteiger partial charge >= 0.3 is 6.18 Å². The topological polar surface area (TPSA) is 79.7 Å². The number of aryl methyl sites for hydroxylation is 2. The van der Waals surface area contributed by atoms with E-state index in [0.29, 0.717) is 17.1 Å². The molecule has 0 saturated heterocycles. The molecule has 1 aromatic rings. The van der Waals surface area contributed by atoms with Crippen molar-refractivity contribution >= 4 is 11.7 Å². The number of halogens is 3. The van der Waals surface area contributed by atoms with E-state index in [0.717, 1.165) is 0 Å². The molecule has 108 valence electrons. The summed E-state index contributed by atoms with van der Waals surface area (Å²) < 4.78 is 38.1. The molecular weight excluding hydrogens is 263 g/mol. The Hall–Kier alpha value is -1.93. The van der Waals surface area contributed by atoms with Gasteiger partial charge in [0.25, 0.3) is 0 Å². The molecule has 0 aliphatic rings. The van der Waals surface area contributed by atoms with Gasteiger partial charge in [-0.2, -0.15) is 18.3 Å². The molecule has 0 unspecified atom stereocenters. The summed E-state index contributed by atoms with van der Waals surface area (Å²) in [6.45, 7) is 1.39. The molecule has 0 fully saturated rings. The zero-order chi connectivity index (χ0) is 14.8. The lowest BCUT2D eigenvalue weighted by molar-refractivity contribution is -0.132. The third-order valence-corrected chi connectivity index (χ3v) is 2.65. The highest BCUT2D eigenvalue weighted by Crippen LogP contribution is 2.25. The average Bonchev–Trinajstić information content (AvgIpc) is 2.59. The van der Waals surface area contributed by atoms with E-state index in [1.165, 1.54) is 16.6 Å². The fraction of sp³-hybridized carbons (Fsp3) is 0.600. The Bertz CT molecular complexity index is 480. The van der Waals surface area contributed by atoms with Gasteiger partial charge in [0, 0.05) is 20.6 Å². The molecule has 0 aliphatic heterocycles. The zero-order valence-electron chi connectivity index (χ0n) is 10.9. The predicted octanol–water partition coefficient (Wildman–Crippen LogP) is 1.21. The minimum atomic E-state index is -4.24. The number of nitrogens with two attached hydrogens (primary N) is 1. The molecule has 6 nitrogen and oxygen atoms in total. The third kappa shape index (κ3) is 3.52. The molecule has 19 heavy (non-hydrogen) atoms. The van der Waals surface area contributed by atoms with Gasteiger partial charge in [-0.15, -0.1) is 0 Å². The molecule has 0 saturated carbocycles. The van der Waals surface area contributed by atoms with E-state index in [9.17, 15) is 13.2 Å². The van der Waals surface area contributed by atoms with Gasteiger partial charge < -0.3 is 15.8 Å². The van der Waals surface area contributed by atoms with Gasteiger partial charge in [-0.25, -0.2) is 0 Å². The maximum Gasteiger partial charge on any atom is 0.390 e. The Morgan fingerprint density at radius 1 is 1.53 bits per heavy atom. The van der Waals surface area contributed by atoms with Crippen molar-refractivity contribution < 1.29 is 18.4 Å². The Labute approximate surface area is 108 Å². The van der Waals surface area contributed by atoms with Crippen molar-refractivity contribution in [2.24, 2.45) is 17.9 Å². The summed E-state index contributed by atoms with van der Waals surface area (Å²) in [6, 6.07) is 0. The van der Waals surface area contributed by atoms with Crippen molar-refractivity contribution in [2.75, 3.05) is 18.5 Å². The summed E-state index contributed by atoms with van der Waals surface area (Å²) in [6.07, 6.45) is -5.19. The summed E-state index contributed by atoms with van der Waals surface area (Å²) >= 11 is 0. The van der Waals surface area contributed by atoms with Crippen LogP contribution < -0.4 is 10.6 Å². The van der Waals surface area contributed by atoms with Crippen LogP contribution in [0.25, 0.3) is 0 Å². The first-order valence-corrected chi connectivity index (χ1v) is 5.46. The third-order valence-electron chi connectivity index (χ3n) is 2.65. The first-order chi connectivity index (χ1) is 8.67. The highest BCUT2D eigenvalue weighted by atomic mass is 19.4. The van der Waals surface area contributed by atoms with Gasteiger partial charge in [-0.05, 0) is 6.92 Å². The second-order valence-electron chi connectivity index (χ2n) is 4.18. The van der Waals surface area contributed by atoms with Crippen LogP contribution in [0.1, 0.15) is 17.7 Å². The number of alkyl halides is 3. The quantitative estimate of drug-likeness (QED) is 0.376. The lowest BCUT2D eigenvalue weighted by Gasteiger charge is -2.21. The molecule has 0 bridgehead atoms. The van der Waals surface area contributed by atoms with Crippen LogP contribution in [0.3, 0.4) is 0 Å². The van der Waals surface area contributed by atoms with Crippen molar-refractivity contribution in [3.8, 4) is 0 Å². The number of anilines is 1. The maximum atomic E-state index is 12.2. The molecule has 0 aliphatic carbocycles. The molecule has 0 amide bonds. The highest BCUT2D eigenvalue weighted by molar-refractivity contribution is 6.02. The van der Waals surface area contributed by atoms with Gasteiger partial charge in [-0.3, -0.25) is 4.68 Å². The second-order valence-corrected chi connectivity index (χ2v) is 4.18. The first-order valence-electron chi connectivity index (χ1n) is 5.46. The molecule has 0 radical (unpaired) electrons. The van der Waals surface area contributed by atoms with Crippen LogP contribution in [0.4, 0.5) is 19.0 Å². The van der Waals surface area contributed by atoms with Crippen molar-refractivity contribution in [2.45, 2.75) is 19.5 Å². The van der Waals surface area contributed by atoms with Crippen molar-refractivity contribution in [3.05, 3.63) is 11.3 Å². The minimum Gasteiger partial charge on any atom is -0.409 e. The molecule has 3 N–H and O–H groups in total. The number of rotatable bonds is 4. The molecule has 9 heteroatoms. The van der Waals surface area contributed by atoms with Crippen molar-refractivity contribution in [1.82, 2.24) is 9.78 Å². The summed E-state index contributed by atoms with van der Waals surface area (Å²) in [7, 11) is 3.08. The van der Waals surface area contributed by atoms with Gasteiger partial charge in [0.15, 0.2) is 5.84 Å². The van der Waals surface area contributed by atoms with E-state index in [4.69, 9.17) is 10.9 Å². The first kappa shape index (κ1) is 15.1. The molecule has 0 atom stereocenters. The van der Waals surface area contributed by atoms with Crippen LogP contribution in [0.5, 0.6) is 0 Å². The molecule has 1 aromatic heterocycles. The van der Waals surface area contributed by atoms with Crippen LogP contribution in [-0.2, 0) is 7.05 Å². The number of amidine groups is 1. The van der Waals surface area contributed by atoms with Crippen LogP contribution in [0.15, 0.2) is 5.16 Å². The van der Waals surface area contributed by atoms with E-state index in [1.807, 2.05) is 0 Å². The molecule has 0 spiro atoms.